The summed E-state index contributed by atoms with van der Waals surface area (Å²) in [6.07, 6.45) is 1.51. The van der Waals surface area contributed by atoms with E-state index in [-0.39, 0.29) is 16.8 Å². The summed E-state index contributed by atoms with van der Waals surface area (Å²) < 4.78 is 10.9. The van der Waals surface area contributed by atoms with Crippen LogP contribution in [0.25, 0.3) is 11.3 Å². The Morgan fingerprint density at radius 2 is 1.68 bits per heavy atom. The van der Waals surface area contributed by atoms with Crippen LogP contribution in [0.2, 0.25) is 5.02 Å². The van der Waals surface area contributed by atoms with Crippen LogP contribution in [0.15, 0.2) is 87.9 Å². The number of halogens is 1. The highest BCUT2D eigenvalue weighted by Crippen LogP contribution is 2.25. The minimum absolute atomic E-state index is 0.0880. The second-order valence-electron chi connectivity index (χ2n) is 8.39. The molecule has 8 nitrogen and oxygen atoms in total. The minimum atomic E-state index is -0.454. The van der Waals surface area contributed by atoms with Crippen molar-refractivity contribution in [2.24, 2.45) is 0 Å². The van der Waals surface area contributed by atoms with Crippen LogP contribution in [-0.2, 0) is 0 Å². The number of amides is 2. The number of rotatable bonds is 5. The molecule has 2 amide bonds. The van der Waals surface area contributed by atoms with E-state index >= 15 is 0 Å². The molecular weight excluding hydrogens is 512 g/mol. The number of nitrogens with zero attached hydrogens (tertiary/aromatic N) is 2. The van der Waals surface area contributed by atoms with Gasteiger partial charge in [0.15, 0.2) is 16.6 Å². The Labute approximate surface area is 223 Å². The van der Waals surface area contributed by atoms with Crippen LogP contribution < -0.4 is 15.5 Å². The number of piperazine rings is 1. The molecule has 1 fully saturated rings. The number of benzene rings is 2. The molecule has 1 saturated heterocycles. The molecule has 0 bridgehead atoms. The molecule has 3 heterocycles. The Morgan fingerprint density at radius 3 is 2.38 bits per heavy atom. The lowest BCUT2D eigenvalue weighted by molar-refractivity contribution is 0.0714. The number of carbonyl (C=O) groups is 2. The predicted octanol–water partition coefficient (Wildman–Crippen LogP) is 5.28. The fraction of sp³-hybridized carbons (Fsp3) is 0.148. The molecule has 5 rings (SSSR count). The highest BCUT2D eigenvalue weighted by molar-refractivity contribution is 7.80. The van der Waals surface area contributed by atoms with Gasteiger partial charge in [-0.2, -0.15) is 0 Å². The molecule has 4 aromatic rings. The Morgan fingerprint density at radius 1 is 0.892 bits per heavy atom. The molecule has 0 radical (unpaired) electrons. The summed E-state index contributed by atoms with van der Waals surface area (Å²) in [5.74, 6) is 0.493. The Hall–Kier alpha value is -4.08. The summed E-state index contributed by atoms with van der Waals surface area (Å²) in [6.45, 7) is 2.66. The molecule has 1 aliphatic rings. The van der Waals surface area contributed by atoms with Crippen molar-refractivity contribution in [1.29, 1.82) is 0 Å². The van der Waals surface area contributed by atoms with Crippen LogP contribution in [0.4, 0.5) is 11.4 Å². The molecule has 0 spiro atoms. The first-order valence-electron chi connectivity index (χ1n) is 11.6. The monoisotopic (exact) mass is 534 g/mol. The zero-order valence-corrected chi connectivity index (χ0v) is 21.2. The molecule has 37 heavy (non-hydrogen) atoms. The largest absolute Gasteiger partial charge is 0.459 e. The number of thiocarbonyl (C=S) groups is 1. The van der Waals surface area contributed by atoms with Crippen LogP contribution >= 0.6 is 23.8 Å². The molecule has 0 atom stereocenters. The Bertz CT molecular complexity index is 1410. The standard InChI is InChI=1S/C27H23ClN4O4S/c28-19-4-1-3-18(17-19)22-10-11-23(36-22)25(33)30-27(37)29-20-6-8-21(9-7-20)31-12-14-32(15-13-31)26(34)24-5-2-16-35-24/h1-11,16-17H,12-15H2,(H2,29,30,33,37). The molecule has 2 aromatic carbocycles. The molecule has 188 valence electrons. The Kier molecular flexibility index (Phi) is 7.25. The maximum atomic E-state index is 12.6. The normalized spacial score (nSPS) is 13.3. The number of hydrogen-bond acceptors (Lipinski definition) is 6. The molecule has 0 aliphatic carbocycles. The summed E-state index contributed by atoms with van der Waals surface area (Å²) in [5, 5.41) is 6.38. The van der Waals surface area contributed by atoms with Gasteiger partial charge in [-0.05, 0) is 72.9 Å². The van der Waals surface area contributed by atoms with E-state index < -0.39 is 5.91 Å². The fourth-order valence-corrected chi connectivity index (χ4v) is 4.46. The molecule has 0 unspecified atom stereocenters. The van der Waals surface area contributed by atoms with Gasteiger partial charge in [0.05, 0.1) is 6.26 Å². The third-order valence-electron chi connectivity index (χ3n) is 5.96. The van der Waals surface area contributed by atoms with E-state index in [1.807, 2.05) is 36.4 Å². The zero-order chi connectivity index (χ0) is 25.8. The van der Waals surface area contributed by atoms with Crippen molar-refractivity contribution in [3.8, 4) is 11.3 Å². The molecule has 2 N–H and O–H groups in total. The van der Waals surface area contributed by atoms with Gasteiger partial charge < -0.3 is 24.0 Å². The summed E-state index contributed by atoms with van der Waals surface area (Å²) >= 11 is 11.3. The lowest BCUT2D eigenvalue weighted by Crippen LogP contribution is -2.48. The van der Waals surface area contributed by atoms with Crippen LogP contribution in [0.3, 0.4) is 0 Å². The number of nitrogens with one attached hydrogen (secondary N) is 2. The topological polar surface area (TPSA) is 91.0 Å². The highest BCUT2D eigenvalue weighted by Gasteiger charge is 2.24. The van der Waals surface area contributed by atoms with Crippen molar-refractivity contribution in [3.05, 3.63) is 95.6 Å². The molecule has 10 heteroatoms. The van der Waals surface area contributed by atoms with Crippen molar-refractivity contribution in [1.82, 2.24) is 10.2 Å². The maximum absolute atomic E-state index is 12.6. The first-order valence-corrected chi connectivity index (χ1v) is 12.4. The van der Waals surface area contributed by atoms with E-state index in [1.165, 1.54) is 6.26 Å². The number of carbonyl (C=O) groups excluding carboxylic acids is 2. The average Bonchev–Trinajstić information content (AvgIpc) is 3.62. The predicted molar refractivity (Wildman–Crippen MR) is 146 cm³/mol. The van der Waals surface area contributed by atoms with Crippen molar-refractivity contribution in [3.63, 3.8) is 0 Å². The van der Waals surface area contributed by atoms with Gasteiger partial charge in [0, 0.05) is 48.1 Å². The average molecular weight is 535 g/mol. The van der Waals surface area contributed by atoms with Gasteiger partial charge >= 0.3 is 0 Å². The lowest BCUT2D eigenvalue weighted by Gasteiger charge is -2.35. The molecule has 1 aliphatic heterocycles. The van der Waals surface area contributed by atoms with E-state index in [9.17, 15) is 9.59 Å². The Balaban J connectivity index is 1.12. The summed E-state index contributed by atoms with van der Waals surface area (Å²) in [7, 11) is 0. The van der Waals surface area contributed by atoms with E-state index in [2.05, 4.69) is 15.5 Å². The number of hydrogen-bond donors (Lipinski definition) is 2. The summed E-state index contributed by atoms with van der Waals surface area (Å²) in [4.78, 5) is 29.0. The summed E-state index contributed by atoms with van der Waals surface area (Å²) in [5.41, 5.74) is 2.55. The smallest absolute Gasteiger partial charge is 0.293 e. The molecule has 0 saturated carbocycles. The second-order valence-corrected chi connectivity index (χ2v) is 9.23. The van der Waals surface area contributed by atoms with Crippen LogP contribution in [-0.4, -0.2) is 48.0 Å². The van der Waals surface area contributed by atoms with E-state index in [0.717, 1.165) is 16.9 Å². The third kappa shape index (κ3) is 5.84. The van der Waals surface area contributed by atoms with Crippen LogP contribution in [0, 0.1) is 0 Å². The zero-order valence-electron chi connectivity index (χ0n) is 19.6. The van der Waals surface area contributed by atoms with Crippen molar-refractivity contribution in [2.75, 3.05) is 36.4 Å². The summed E-state index contributed by atoms with van der Waals surface area (Å²) in [6, 6.07) is 21.6. The van der Waals surface area contributed by atoms with E-state index in [0.29, 0.717) is 42.7 Å². The van der Waals surface area contributed by atoms with Crippen LogP contribution in [0.5, 0.6) is 0 Å². The molecular formula is C27H23ClN4O4S. The van der Waals surface area contributed by atoms with Gasteiger partial charge in [0.1, 0.15) is 5.76 Å². The maximum Gasteiger partial charge on any atom is 0.293 e. The first-order chi connectivity index (χ1) is 18.0. The van der Waals surface area contributed by atoms with E-state index in [1.54, 1.807) is 41.3 Å². The van der Waals surface area contributed by atoms with Gasteiger partial charge in [-0.3, -0.25) is 14.9 Å². The highest BCUT2D eigenvalue weighted by atomic mass is 35.5. The van der Waals surface area contributed by atoms with Gasteiger partial charge in [0.2, 0.25) is 0 Å². The quantitative estimate of drug-likeness (QED) is 0.336. The van der Waals surface area contributed by atoms with Gasteiger partial charge in [-0.15, -0.1) is 0 Å². The number of anilines is 2. The second kappa shape index (κ2) is 10.9. The van der Waals surface area contributed by atoms with Crippen molar-refractivity contribution in [2.45, 2.75) is 0 Å². The SMILES string of the molecule is O=C(NC(=S)Nc1ccc(N2CCN(C(=O)c3ccco3)CC2)cc1)c1ccc(-c2cccc(Cl)c2)o1. The molecule has 2 aromatic heterocycles. The van der Waals surface area contributed by atoms with Crippen molar-refractivity contribution < 1.29 is 18.4 Å². The number of furan rings is 2. The van der Waals surface area contributed by atoms with Crippen LogP contribution in [0.1, 0.15) is 21.1 Å². The van der Waals surface area contributed by atoms with Gasteiger partial charge in [0.25, 0.3) is 11.8 Å². The van der Waals surface area contributed by atoms with E-state index in [4.69, 9.17) is 32.7 Å². The minimum Gasteiger partial charge on any atom is -0.459 e. The van der Waals surface area contributed by atoms with Gasteiger partial charge in [-0.1, -0.05) is 23.7 Å². The fourth-order valence-electron chi connectivity index (χ4n) is 4.06. The van der Waals surface area contributed by atoms with Gasteiger partial charge in [-0.25, -0.2) is 0 Å². The lowest BCUT2D eigenvalue weighted by atomic mass is 10.2. The van der Waals surface area contributed by atoms with Crippen molar-refractivity contribution >= 4 is 52.1 Å². The first kappa shape index (κ1) is 24.6. The third-order valence-corrected chi connectivity index (χ3v) is 6.39.